The maximum absolute atomic E-state index is 12.2. The van der Waals surface area contributed by atoms with Crippen molar-refractivity contribution in [1.82, 2.24) is 0 Å². The van der Waals surface area contributed by atoms with Crippen LogP contribution in [0.4, 0.5) is 5.00 Å². The number of carbonyl (C=O) groups excluding carboxylic acids is 3. The Hall–Kier alpha value is -1.67. The molecular weight excluding hydrogens is 312 g/mol. The lowest BCUT2D eigenvalue weighted by molar-refractivity contribution is -0.115. The van der Waals surface area contributed by atoms with E-state index in [2.05, 4.69) is 0 Å². The molecule has 1 aromatic heterocycles. The number of thioether (sulfide) groups is 1. The molecule has 1 saturated heterocycles. The smallest absolute Gasteiger partial charge is 0.341 e. The van der Waals surface area contributed by atoms with Crippen LogP contribution in [0.1, 0.15) is 39.4 Å². The normalized spacial score (nSPS) is 14.7. The standard InChI is InChI=1S/C13H14N2O4S2/c1-4-19-12(18)9-6(2)10(7(3)16)21-11(9)15-8(17)5-20-13(15)14/h14H,4-5H2,1-3H3. The number of ether oxygens (including phenoxy) is 1. The Morgan fingerprint density at radius 3 is 2.57 bits per heavy atom. The lowest BCUT2D eigenvalue weighted by Gasteiger charge is -2.14. The minimum absolute atomic E-state index is 0.0573. The minimum atomic E-state index is -0.578. The van der Waals surface area contributed by atoms with Crippen LogP contribution in [0.3, 0.4) is 0 Å². The lowest BCUT2D eigenvalue weighted by Crippen LogP contribution is -2.29. The average Bonchev–Trinajstić information content (AvgIpc) is 2.90. The van der Waals surface area contributed by atoms with E-state index in [1.807, 2.05) is 0 Å². The summed E-state index contributed by atoms with van der Waals surface area (Å²) in [4.78, 5) is 37.4. The van der Waals surface area contributed by atoms with E-state index in [9.17, 15) is 14.4 Å². The van der Waals surface area contributed by atoms with Crippen molar-refractivity contribution in [2.45, 2.75) is 20.8 Å². The third-order valence-corrected chi connectivity index (χ3v) is 5.14. The summed E-state index contributed by atoms with van der Waals surface area (Å²) in [5.41, 5.74) is 0.700. The van der Waals surface area contributed by atoms with Gasteiger partial charge in [0.2, 0.25) is 5.91 Å². The van der Waals surface area contributed by atoms with Crippen LogP contribution < -0.4 is 4.90 Å². The first-order chi connectivity index (χ1) is 9.88. The predicted octanol–water partition coefficient (Wildman–Crippen LogP) is 2.45. The number of hydrogen-bond donors (Lipinski definition) is 1. The second kappa shape index (κ2) is 5.98. The highest BCUT2D eigenvalue weighted by molar-refractivity contribution is 8.15. The van der Waals surface area contributed by atoms with Crippen LogP contribution >= 0.6 is 23.1 Å². The fraction of sp³-hybridized carbons (Fsp3) is 0.385. The number of amides is 1. The maximum atomic E-state index is 12.2. The molecule has 1 aliphatic rings. The van der Waals surface area contributed by atoms with Gasteiger partial charge in [0.05, 0.1) is 22.8 Å². The van der Waals surface area contributed by atoms with Crippen LogP contribution in [0.2, 0.25) is 0 Å². The van der Waals surface area contributed by atoms with Crippen molar-refractivity contribution in [1.29, 1.82) is 5.41 Å². The summed E-state index contributed by atoms with van der Waals surface area (Å²) in [6, 6.07) is 0. The molecule has 0 saturated carbocycles. The number of anilines is 1. The van der Waals surface area contributed by atoms with Crippen LogP contribution in [-0.2, 0) is 9.53 Å². The van der Waals surface area contributed by atoms with Gasteiger partial charge >= 0.3 is 5.97 Å². The molecule has 1 fully saturated rings. The molecule has 6 nitrogen and oxygen atoms in total. The highest BCUT2D eigenvalue weighted by atomic mass is 32.2. The molecule has 1 aromatic rings. The van der Waals surface area contributed by atoms with Crippen LogP contribution in [-0.4, -0.2) is 35.2 Å². The highest BCUT2D eigenvalue weighted by Gasteiger charge is 2.35. The lowest BCUT2D eigenvalue weighted by atomic mass is 10.1. The van der Waals surface area contributed by atoms with Crippen molar-refractivity contribution in [3.05, 3.63) is 16.0 Å². The first kappa shape index (κ1) is 15.7. The summed E-state index contributed by atoms with van der Waals surface area (Å²) >= 11 is 2.15. The third kappa shape index (κ3) is 2.73. The molecule has 1 amide bonds. The van der Waals surface area contributed by atoms with Crippen LogP contribution in [0.15, 0.2) is 0 Å². The van der Waals surface area contributed by atoms with Gasteiger partial charge in [-0.2, -0.15) is 0 Å². The molecule has 0 aliphatic carbocycles. The van der Waals surface area contributed by atoms with Crippen molar-refractivity contribution in [2.75, 3.05) is 17.3 Å². The van der Waals surface area contributed by atoms with Gasteiger partial charge in [0.1, 0.15) is 5.00 Å². The van der Waals surface area contributed by atoms with Gasteiger partial charge in [-0.3, -0.25) is 15.0 Å². The first-order valence-corrected chi connectivity index (χ1v) is 8.04. The van der Waals surface area contributed by atoms with Gasteiger partial charge in [-0.05, 0) is 26.3 Å². The Bertz CT molecular complexity index is 635. The Morgan fingerprint density at radius 1 is 1.43 bits per heavy atom. The van der Waals surface area contributed by atoms with Gasteiger partial charge in [0, 0.05) is 0 Å². The Morgan fingerprint density at radius 2 is 2.10 bits per heavy atom. The molecule has 0 bridgehead atoms. The van der Waals surface area contributed by atoms with Gasteiger partial charge in [-0.15, -0.1) is 11.3 Å². The summed E-state index contributed by atoms with van der Waals surface area (Å²) in [7, 11) is 0. The average molecular weight is 326 g/mol. The van der Waals surface area contributed by atoms with Gasteiger partial charge < -0.3 is 4.74 Å². The number of hydrogen-bond acceptors (Lipinski definition) is 7. The number of Topliss-reactive ketones (excluding diaryl/α,β-unsaturated/α-hetero) is 1. The van der Waals surface area contributed by atoms with Crippen molar-refractivity contribution in [3.8, 4) is 0 Å². The van der Waals surface area contributed by atoms with Crippen molar-refractivity contribution < 1.29 is 19.1 Å². The summed E-state index contributed by atoms with van der Waals surface area (Å²) < 4.78 is 5.01. The van der Waals surface area contributed by atoms with Crippen molar-refractivity contribution in [2.24, 2.45) is 0 Å². The van der Waals surface area contributed by atoms with E-state index in [0.29, 0.717) is 15.4 Å². The van der Waals surface area contributed by atoms with Gasteiger partial charge in [0.25, 0.3) is 0 Å². The maximum Gasteiger partial charge on any atom is 0.341 e. The van der Waals surface area contributed by atoms with Gasteiger partial charge in [0.15, 0.2) is 11.0 Å². The van der Waals surface area contributed by atoms with Crippen molar-refractivity contribution >= 4 is 50.9 Å². The molecule has 0 radical (unpaired) electrons. The monoisotopic (exact) mass is 326 g/mol. The summed E-state index contributed by atoms with van der Waals surface area (Å²) in [5, 5.41) is 8.20. The Kier molecular flexibility index (Phi) is 4.48. The van der Waals surface area contributed by atoms with Crippen LogP contribution in [0.5, 0.6) is 0 Å². The zero-order valence-electron chi connectivity index (χ0n) is 11.8. The number of amidine groups is 1. The van der Waals surface area contributed by atoms with E-state index in [1.54, 1.807) is 13.8 Å². The fourth-order valence-electron chi connectivity index (χ4n) is 2.01. The third-order valence-electron chi connectivity index (χ3n) is 2.92. The van der Waals surface area contributed by atoms with E-state index in [-0.39, 0.29) is 34.8 Å². The fourth-order valence-corrected chi connectivity index (χ4v) is 4.00. The number of nitrogens with one attached hydrogen (secondary N) is 1. The molecule has 1 N–H and O–H groups in total. The molecule has 112 valence electrons. The molecule has 2 heterocycles. The van der Waals surface area contributed by atoms with E-state index < -0.39 is 5.97 Å². The molecule has 2 rings (SSSR count). The second-order valence-corrected chi connectivity index (χ2v) is 6.30. The number of esters is 1. The SMILES string of the molecule is CCOC(=O)c1c(N2C(=N)SCC2=O)sc(C(C)=O)c1C. The molecule has 21 heavy (non-hydrogen) atoms. The van der Waals surface area contributed by atoms with E-state index in [4.69, 9.17) is 10.1 Å². The topological polar surface area (TPSA) is 87.5 Å². The summed E-state index contributed by atoms with van der Waals surface area (Å²) in [6.45, 7) is 4.94. The molecule has 1 aliphatic heterocycles. The molecular formula is C13H14N2O4S2. The quantitative estimate of drug-likeness (QED) is 0.678. The Balaban J connectivity index is 2.61. The number of ketones is 1. The van der Waals surface area contributed by atoms with E-state index >= 15 is 0 Å². The number of nitrogens with zero attached hydrogens (tertiary/aromatic N) is 1. The number of thiophene rings is 1. The predicted molar refractivity (Wildman–Crippen MR) is 82.7 cm³/mol. The molecule has 8 heteroatoms. The van der Waals surface area contributed by atoms with Gasteiger partial charge in [-0.25, -0.2) is 9.69 Å². The summed E-state index contributed by atoms with van der Waals surface area (Å²) in [5.74, 6) is -0.869. The largest absolute Gasteiger partial charge is 0.462 e. The first-order valence-electron chi connectivity index (χ1n) is 6.24. The van der Waals surface area contributed by atoms with Crippen LogP contribution in [0, 0.1) is 12.3 Å². The van der Waals surface area contributed by atoms with Crippen molar-refractivity contribution in [3.63, 3.8) is 0 Å². The molecule has 0 spiro atoms. The molecule has 0 atom stereocenters. The molecule has 0 unspecified atom stereocenters. The number of rotatable bonds is 4. The zero-order chi connectivity index (χ0) is 15.7. The van der Waals surface area contributed by atoms with Gasteiger partial charge in [-0.1, -0.05) is 11.8 Å². The van der Waals surface area contributed by atoms with Crippen LogP contribution in [0.25, 0.3) is 0 Å². The van der Waals surface area contributed by atoms with E-state index in [0.717, 1.165) is 23.1 Å². The molecule has 0 aromatic carbocycles. The Labute approximate surface area is 130 Å². The zero-order valence-corrected chi connectivity index (χ0v) is 13.4. The highest BCUT2D eigenvalue weighted by Crippen LogP contribution is 2.39. The van der Waals surface area contributed by atoms with E-state index in [1.165, 1.54) is 11.8 Å². The number of carbonyl (C=O) groups is 3. The second-order valence-electron chi connectivity index (χ2n) is 4.34. The summed E-state index contributed by atoms with van der Waals surface area (Å²) in [6.07, 6.45) is 0. The minimum Gasteiger partial charge on any atom is -0.462 e.